The average molecular weight is 538 g/mol. The monoisotopic (exact) mass is 537 g/mol. The van der Waals surface area contributed by atoms with Crippen LogP contribution in [0.25, 0.3) is 0 Å². The van der Waals surface area contributed by atoms with E-state index in [2.05, 4.69) is 13.2 Å². The molecular weight excluding hydrogens is 494 g/mol. The molecular formula is C31H43N3O5. The third-order valence-electron chi connectivity index (χ3n) is 8.62. The molecule has 3 aliphatic heterocycles. The van der Waals surface area contributed by atoms with E-state index in [0.717, 1.165) is 5.69 Å². The second-order valence-corrected chi connectivity index (χ2v) is 12.2. The molecule has 3 amide bonds. The van der Waals surface area contributed by atoms with Gasteiger partial charge < -0.3 is 24.5 Å². The van der Waals surface area contributed by atoms with Crippen molar-refractivity contribution >= 4 is 23.4 Å². The number of likely N-dealkylation sites (tertiary alicyclic amines) is 1. The average Bonchev–Trinajstić information content (AvgIpc) is 3.46. The summed E-state index contributed by atoms with van der Waals surface area (Å²) in [7, 11) is 0. The number of para-hydroxylation sites is 1. The SMILES string of the molecule is C=CCN(C(=O)[C@@H]1[C@H]2C(=O)N(CCCCO)C(C(=O)N(CC=C)C(C)(C)C)C23CC[C@@]1(C)O3)c1ccccc1. The predicted molar refractivity (Wildman–Crippen MR) is 151 cm³/mol. The number of anilines is 1. The molecule has 212 valence electrons. The van der Waals surface area contributed by atoms with Crippen LogP contribution >= 0.6 is 0 Å². The van der Waals surface area contributed by atoms with Crippen molar-refractivity contribution in [1.29, 1.82) is 0 Å². The number of hydrogen-bond acceptors (Lipinski definition) is 5. The number of unbranched alkanes of at least 4 members (excludes halogenated alkanes) is 1. The summed E-state index contributed by atoms with van der Waals surface area (Å²) in [6.45, 7) is 16.4. The molecule has 39 heavy (non-hydrogen) atoms. The minimum atomic E-state index is -1.09. The standard InChI is InChI=1S/C31H43N3O5/c1-7-18-32(22-14-10-9-11-15-22)26(36)23-24-27(37)33(20-12-13-21-35)25(31(24)17-16-30(23,6)39-31)28(38)34(19-8-2)29(3,4)5/h7-11,14-15,23-25,35H,1-2,12-13,16-21H2,3-6H3/t23-,24-,25?,30+,31?/m0/s1. The highest BCUT2D eigenvalue weighted by Gasteiger charge is 2.78. The number of carbonyl (C=O) groups is 3. The number of aliphatic hydroxyl groups is 1. The number of ether oxygens (including phenoxy) is 1. The van der Waals surface area contributed by atoms with Gasteiger partial charge in [-0.3, -0.25) is 14.4 Å². The Kier molecular flexibility index (Phi) is 8.11. The molecule has 3 aliphatic rings. The maximum atomic E-state index is 14.4. The molecule has 3 heterocycles. The summed E-state index contributed by atoms with van der Waals surface area (Å²) >= 11 is 0. The van der Waals surface area contributed by atoms with E-state index >= 15 is 0 Å². The van der Waals surface area contributed by atoms with Crippen molar-refractivity contribution in [2.75, 3.05) is 31.1 Å². The zero-order chi connectivity index (χ0) is 28.6. The van der Waals surface area contributed by atoms with Gasteiger partial charge in [0.15, 0.2) is 0 Å². The molecule has 1 spiro atoms. The molecule has 0 radical (unpaired) electrons. The van der Waals surface area contributed by atoms with Crippen LogP contribution in [0.5, 0.6) is 0 Å². The Balaban J connectivity index is 1.79. The largest absolute Gasteiger partial charge is 0.396 e. The van der Waals surface area contributed by atoms with E-state index in [-0.39, 0.29) is 24.3 Å². The zero-order valence-electron chi connectivity index (χ0n) is 23.8. The number of fused-ring (bicyclic) bond motifs is 1. The second-order valence-electron chi connectivity index (χ2n) is 12.2. The number of amides is 3. The van der Waals surface area contributed by atoms with Crippen molar-refractivity contribution < 1.29 is 24.2 Å². The van der Waals surface area contributed by atoms with Gasteiger partial charge in [-0.05, 0) is 65.5 Å². The van der Waals surface area contributed by atoms with Gasteiger partial charge in [-0.2, -0.15) is 0 Å². The van der Waals surface area contributed by atoms with Crippen molar-refractivity contribution in [1.82, 2.24) is 9.80 Å². The van der Waals surface area contributed by atoms with Crippen LogP contribution in [0.4, 0.5) is 5.69 Å². The van der Waals surface area contributed by atoms with Crippen LogP contribution in [0.2, 0.25) is 0 Å². The lowest BCUT2D eigenvalue weighted by atomic mass is 9.66. The van der Waals surface area contributed by atoms with E-state index in [1.165, 1.54) is 0 Å². The number of aliphatic hydroxyl groups excluding tert-OH is 1. The topological polar surface area (TPSA) is 90.4 Å². The number of rotatable bonds is 11. The van der Waals surface area contributed by atoms with Crippen LogP contribution in [0.15, 0.2) is 55.6 Å². The van der Waals surface area contributed by atoms with Crippen LogP contribution in [-0.2, 0) is 19.1 Å². The molecule has 3 saturated heterocycles. The van der Waals surface area contributed by atoms with Gasteiger partial charge in [0.1, 0.15) is 11.6 Å². The smallest absolute Gasteiger partial charge is 0.249 e. The van der Waals surface area contributed by atoms with E-state index in [1.54, 1.807) is 26.9 Å². The van der Waals surface area contributed by atoms with Gasteiger partial charge in [-0.15, -0.1) is 13.2 Å². The van der Waals surface area contributed by atoms with Crippen molar-refractivity contribution in [2.24, 2.45) is 11.8 Å². The van der Waals surface area contributed by atoms with Crippen LogP contribution in [0.1, 0.15) is 53.4 Å². The van der Waals surface area contributed by atoms with Crippen LogP contribution in [-0.4, -0.2) is 81.7 Å². The van der Waals surface area contributed by atoms with E-state index < -0.39 is 34.6 Å². The molecule has 3 fully saturated rings. The predicted octanol–water partition coefficient (Wildman–Crippen LogP) is 3.56. The summed E-state index contributed by atoms with van der Waals surface area (Å²) in [4.78, 5) is 48.1. The van der Waals surface area contributed by atoms with Crippen LogP contribution in [0, 0.1) is 11.8 Å². The normalized spacial score (nSPS) is 29.3. The highest BCUT2D eigenvalue weighted by atomic mass is 16.5. The molecule has 1 aromatic carbocycles. The summed E-state index contributed by atoms with van der Waals surface area (Å²) in [5.41, 5.74) is -1.75. The molecule has 2 unspecified atom stereocenters. The van der Waals surface area contributed by atoms with Gasteiger partial charge >= 0.3 is 0 Å². The van der Waals surface area contributed by atoms with Crippen molar-refractivity contribution in [3.63, 3.8) is 0 Å². The number of benzene rings is 1. The lowest BCUT2D eigenvalue weighted by molar-refractivity contribution is -0.154. The Morgan fingerprint density at radius 3 is 2.36 bits per heavy atom. The summed E-state index contributed by atoms with van der Waals surface area (Å²) in [5.74, 6) is -2.10. The fourth-order valence-electron chi connectivity index (χ4n) is 6.91. The third kappa shape index (κ3) is 4.82. The van der Waals surface area contributed by atoms with E-state index in [4.69, 9.17) is 4.74 Å². The minimum Gasteiger partial charge on any atom is -0.396 e. The number of nitrogens with zero attached hydrogens (tertiary/aromatic N) is 3. The molecule has 0 aliphatic carbocycles. The van der Waals surface area contributed by atoms with E-state index in [0.29, 0.717) is 45.3 Å². The molecule has 0 saturated carbocycles. The van der Waals surface area contributed by atoms with Crippen LogP contribution in [0.3, 0.4) is 0 Å². The number of hydrogen-bond donors (Lipinski definition) is 1. The lowest BCUT2D eigenvalue weighted by Crippen LogP contribution is -2.60. The van der Waals surface area contributed by atoms with Gasteiger partial charge in [-0.25, -0.2) is 0 Å². The van der Waals surface area contributed by atoms with Crippen molar-refractivity contribution in [2.45, 2.75) is 76.2 Å². The van der Waals surface area contributed by atoms with Gasteiger partial charge in [-0.1, -0.05) is 30.4 Å². The fourth-order valence-corrected chi connectivity index (χ4v) is 6.91. The summed E-state index contributed by atoms with van der Waals surface area (Å²) in [5, 5.41) is 9.41. The molecule has 5 atom stereocenters. The fraction of sp³-hybridized carbons (Fsp3) is 0.581. The first-order valence-corrected chi connectivity index (χ1v) is 14.0. The zero-order valence-corrected chi connectivity index (χ0v) is 23.8. The number of carbonyl (C=O) groups excluding carboxylic acids is 3. The van der Waals surface area contributed by atoms with Crippen molar-refractivity contribution in [3.05, 3.63) is 55.6 Å². The molecule has 8 nitrogen and oxygen atoms in total. The Hall–Kier alpha value is -2.97. The van der Waals surface area contributed by atoms with Crippen LogP contribution < -0.4 is 4.90 Å². The first-order valence-electron chi connectivity index (χ1n) is 14.0. The summed E-state index contributed by atoms with van der Waals surface area (Å²) in [6, 6.07) is 8.53. The third-order valence-corrected chi connectivity index (χ3v) is 8.62. The van der Waals surface area contributed by atoms with Gasteiger partial charge in [0.05, 0.1) is 17.4 Å². The Labute approximate surface area is 232 Å². The molecule has 1 N–H and O–H groups in total. The Bertz CT molecular complexity index is 1110. The summed E-state index contributed by atoms with van der Waals surface area (Å²) < 4.78 is 6.79. The maximum Gasteiger partial charge on any atom is 0.249 e. The highest BCUT2D eigenvalue weighted by Crippen LogP contribution is 2.63. The van der Waals surface area contributed by atoms with Gasteiger partial charge in [0, 0.05) is 37.5 Å². The second kappa shape index (κ2) is 10.9. The molecule has 1 aromatic rings. The quantitative estimate of drug-likeness (QED) is 0.344. The minimum absolute atomic E-state index is 0.00304. The molecule has 0 aromatic heterocycles. The Morgan fingerprint density at radius 2 is 1.77 bits per heavy atom. The van der Waals surface area contributed by atoms with Crippen molar-refractivity contribution in [3.8, 4) is 0 Å². The molecule has 8 heteroatoms. The van der Waals surface area contributed by atoms with E-state index in [9.17, 15) is 19.5 Å². The lowest BCUT2D eigenvalue weighted by Gasteiger charge is -2.42. The first kappa shape index (κ1) is 29.0. The van der Waals surface area contributed by atoms with Gasteiger partial charge in [0.25, 0.3) is 0 Å². The molecule has 2 bridgehead atoms. The van der Waals surface area contributed by atoms with Gasteiger partial charge in [0.2, 0.25) is 17.7 Å². The summed E-state index contributed by atoms with van der Waals surface area (Å²) in [6.07, 6.45) is 5.54. The highest BCUT2D eigenvalue weighted by molar-refractivity contribution is 6.03. The molecule has 4 rings (SSSR count). The first-order chi connectivity index (χ1) is 18.5. The Morgan fingerprint density at radius 1 is 1.10 bits per heavy atom. The maximum absolute atomic E-state index is 14.4. The van der Waals surface area contributed by atoms with E-state index in [1.807, 2.05) is 58.0 Å².